The standard InChI is InChI=1S/C15H10N2O3/c18-15-11(5-3-7-14(15)17(19)20)13-9-8-10-4-1-2-6-12(10)16-13/h1-9,18H. The monoisotopic (exact) mass is 266 g/mol. The SMILES string of the molecule is O=[N+]([O-])c1cccc(-c2ccc3ccccc3n2)c1O. The fourth-order valence-corrected chi connectivity index (χ4v) is 2.10. The van der Waals surface area contributed by atoms with E-state index in [1.54, 1.807) is 12.1 Å². The van der Waals surface area contributed by atoms with Crippen LogP contribution >= 0.6 is 0 Å². The highest BCUT2D eigenvalue weighted by molar-refractivity contribution is 5.83. The van der Waals surface area contributed by atoms with Crippen LogP contribution in [0.15, 0.2) is 54.6 Å². The molecule has 0 amide bonds. The zero-order valence-corrected chi connectivity index (χ0v) is 10.4. The first-order valence-corrected chi connectivity index (χ1v) is 5.99. The van der Waals surface area contributed by atoms with Crippen molar-refractivity contribution in [2.24, 2.45) is 0 Å². The summed E-state index contributed by atoms with van der Waals surface area (Å²) in [4.78, 5) is 14.7. The molecule has 5 heteroatoms. The number of fused-ring (bicyclic) bond motifs is 1. The molecule has 0 saturated heterocycles. The predicted molar refractivity (Wildman–Crippen MR) is 75.5 cm³/mol. The summed E-state index contributed by atoms with van der Waals surface area (Å²) in [5.41, 5.74) is 1.31. The second-order valence-corrected chi connectivity index (χ2v) is 4.32. The van der Waals surface area contributed by atoms with Crippen LogP contribution in [0.3, 0.4) is 0 Å². The number of aromatic hydroxyl groups is 1. The minimum Gasteiger partial charge on any atom is -0.502 e. The fourth-order valence-electron chi connectivity index (χ4n) is 2.10. The van der Waals surface area contributed by atoms with E-state index >= 15 is 0 Å². The van der Waals surface area contributed by atoms with Crippen LogP contribution in [-0.4, -0.2) is 15.0 Å². The molecule has 1 heterocycles. The molecule has 98 valence electrons. The summed E-state index contributed by atoms with van der Waals surface area (Å²) in [5.74, 6) is -0.361. The van der Waals surface area contributed by atoms with Crippen molar-refractivity contribution in [2.45, 2.75) is 0 Å². The van der Waals surface area contributed by atoms with Gasteiger partial charge in [-0.05, 0) is 18.2 Å². The van der Waals surface area contributed by atoms with E-state index in [-0.39, 0.29) is 11.4 Å². The molecule has 0 atom stereocenters. The molecule has 0 bridgehead atoms. The molecule has 0 aliphatic heterocycles. The van der Waals surface area contributed by atoms with E-state index in [4.69, 9.17) is 0 Å². The first kappa shape index (κ1) is 12.1. The summed E-state index contributed by atoms with van der Waals surface area (Å²) in [7, 11) is 0. The maximum absolute atomic E-state index is 10.8. The van der Waals surface area contributed by atoms with Crippen LogP contribution in [-0.2, 0) is 0 Å². The number of para-hydroxylation sites is 2. The van der Waals surface area contributed by atoms with Crippen molar-refractivity contribution >= 4 is 16.6 Å². The number of rotatable bonds is 2. The molecule has 0 radical (unpaired) electrons. The number of pyridine rings is 1. The van der Waals surface area contributed by atoms with Crippen LogP contribution in [0.25, 0.3) is 22.2 Å². The quantitative estimate of drug-likeness (QED) is 0.568. The van der Waals surface area contributed by atoms with Crippen molar-refractivity contribution in [3.8, 4) is 17.0 Å². The largest absolute Gasteiger partial charge is 0.502 e. The van der Waals surface area contributed by atoms with Gasteiger partial charge in [0.1, 0.15) is 0 Å². The summed E-state index contributed by atoms with van der Waals surface area (Å²) in [5, 5.41) is 21.8. The van der Waals surface area contributed by atoms with Gasteiger partial charge in [0.05, 0.1) is 16.1 Å². The van der Waals surface area contributed by atoms with Crippen LogP contribution in [0.2, 0.25) is 0 Å². The van der Waals surface area contributed by atoms with Gasteiger partial charge in [-0.3, -0.25) is 10.1 Å². The van der Waals surface area contributed by atoms with E-state index < -0.39 is 4.92 Å². The van der Waals surface area contributed by atoms with Gasteiger partial charge in [0, 0.05) is 17.0 Å². The van der Waals surface area contributed by atoms with E-state index in [2.05, 4.69) is 4.98 Å². The van der Waals surface area contributed by atoms with Crippen molar-refractivity contribution in [1.29, 1.82) is 0 Å². The number of benzene rings is 2. The molecule has 0 aliphatic rings. The lowest BCUT2D eigenvalue weighted by molar-refractivity contribution is -0.385. The summed E-state index contributed by atoms with van der Waals surface area (Å²) in [6, 6.07) is 15.6. The maximum Gasteiger partial charge on any atom is 0.311 e. The zero-order valence-electron chi connectivity index (χ0n) is 10.4. The van der Waals surface area contributed by atoms with Gasteiger partial charge in [0.25, 0.3) is 0 Å². The number of phenols is 1. The van der Waals surface area contributed by atoms with Crippen molar-refractivity contribution in [2.75, 3.05) is 0 Å². The molecule has 3 aromatic rings. The molecular weight excluding hydrogens is 256 g/mol. The molecule has 0 aliphatic carbocycles. The van der Waals surface area contributed by atoms with Gasteiger partial charge < -0.3 is 5.11 Å². The Balaban J connectivity index is 2.20. The smallest absolute Gasteiger partial charge is 0.311 e. The molecule has 3 rings (SSSR count). The highest BCUT2D eigenvalue weighted by atomic mass is 16.6. The Labute approximate surface area is 114 Å². The van der Waals surface area contributed by atoms with Gasteiger partial charge >= 0.3 is 5.69 Å². The molecule has 0 unspecified atom stereocenters. The highest BCUT2D eigenvalue weighted by Gasteiger charge is 2.18. The van der Waals surface area contributed by atoms with Crippen LogP contribution in [0.1, 0.15) is 0 Å². The Morgan fingerprint density at radius 3 is 2.60 bits per heavy atom. The summed E-state index contributed by atoms with van der Waals surface area (Å²) >= 11 is 0. The second kappa shape index (κ2) is 4.62. The number of hydrogen-bond acceptors (Lipinski definition) is 4. The lowest BCUT2D eigenvalue weighted by Gasteiger charge is -2.05. The van der Waals surface area contributed by atoms with Gasteiger partial charge in [0.15, 0.2) is 0 Å². The van der Waals surface area contributed by atoms with Crippen LogP contribution in [0.4, 0.5) is 5.69 Å². The van der Waals surface area contributed by atoms with Gasteiger partial charge in [0.2, 0.25) is 5.75 Å². The molecule has 0 fully saturated rings. The van der Waals surface area contributed by atoms with Crippen molar-refractivity contribution in [1.82, 2.24) is 4.98 Å². The highest BCUT2D eigenvalue weighted by Crippen LogP contribution is 2.36. The Morgan fingerprint density at radius 1 is 1.00 bits per heavy atom. The Kier molecular flexibility index (Phi) is 2.80. The summed E-state index contributed by atoms with van der Waals surface area (Å²) in [6.45, 7) is 0. The molecule has 5 nitrogen and oxygen atoms in total. The van der Waals surface area contributed by atoms with Gasteiger partial charge in [-0.25, -0.2) is 4.98 Å². The Bertz CT molecular complexity index is 815. The number of phenolic OH excluding ortho intramolecular Hbond substituents is 1. The molecule has 1 N–H and O–H groups in total. The molecule has 0 spiro atoms. The number of hydrogen-bond donors (Lipinski definition) is 1. The molecular formula is C15H10N2O3. The van der Waals surface area contributed by atoms with Crippen LogP contribution in [0, 0.1) is 10.1 Å². The number of nitro benzene ring substituents is 1. The van der Waals surface area contributed by atoms with E-state index in [0.717, 1.165) is 10.9 Å². The number of nitro groups is 1. The van der Waals surface area contributed by atoms with Gasteiger partial charge in [-0.2, -0.15) is 0 Å². The summed E-state index contributed by atoms with van der Waals surface area (Å²) in [6.07, 6.45) is 0. The third-order valence-electron chi connectivity index (χ3n) is 3.09. The van der Waals surface area contributed by atoms with E-state index in [1.807, 2.05) is 30.3 Å². The van der Waals surface area contributed by atoms with E-state index in [9.17, 15) is 15.2 Å². The van der Waals surface area contributed by atoms with Crippen molar-refractivity contribution in [3.05, 3.63) is 64.7 Å². The zero-order chi connectivity index (χ0) is 14.1. The first-order valence-electron chi connectivity index (χ1n) is 5.99. The van der Waals surface area contributed by atoms with Gasteiger partial charge in [-0.1, -0.05) is 30.3 Å². The third kappa shape index (κ3) is 1.95. The molecule has 20 heavy (non-hydrogen) atoms. The average molecular weight is 266 g/mol. The lowest BCUT2D eigenvalue weighted by atomic mass is 10.1. The minimum absolute atomic E-state index is 0.322. The van der Waals surface area contributed by atoms with Crippen molar-refractivity contribution < 1.29 is 10.0 Å². The molecule has 0 saturated carbocycles. The second-order valence-electron chi connectivity index (χ2n) is 4.32. The Hall–Kier alpha value is -2.95. The number of aromatic nitrogens is 1. The summed E-state index contributed by atoms with van der Waals surface area (Å²) < 4.78 is 0. The Morgan fingerprint density at radius 2 is 1.80 bits per heavy atom. The van der Waals surface area contributed by atoms with Crippen LogP contribution in [0.5, 0.6) is 5.75 Å². The van der Waals surface area contributed by atoms with E-state index in [0.29, 0.717) is 11.3 Å². The maximum atomic E-state index is 10.8. The van der Waals surface area contributed by atoms with Gasteiger partial charge in [-0.15, -0.1) is 0 Å². The topological polar surface area (TPSA) is 76.3 Å². The average Bonchev–Trinajstić information content (AvgIpc) is 2.46. The molecule has 2 aromatic carbocycles. The predicted octanol–water partition coefficient (Wildman–Crippen LogP) is 3.52. The van der Waals surface area contributed by atoms with Crippen molar-refractivity contribution in [3.63, 3.8) is 0 Å². The molecule has 1 aromatic heterocycles. The first-order chi connectivity index (χ1) is 9.66. The lowest BCUT2D eigenvalue weighted by Crippen LogP contribution is -1.91. The third-order valence-corrected chi connectivity index (χ3v) is 3.09. The normalized spacial score (nSPS) is 10.6. The van der Waals surface area contributed by atoms with Crippen LogP contribution < -0.4 is 0 Å². The number of nitrogens with zero attached hydrogens (tertiary/aromatic N) is 2. The fraction of sp³-hybridized carbons (Fsp3) is 0. The van der Waals surface area contributed by atoms with E-state index in [1.165, 1.54) is 12.1 Å². The minimum atomic E-state index is -0.611.